The van der Waals surface area contributed by atoms with Gasteiger partial charge in [-0.05, 0) is 56.8 Å². The van der Waals surface area contributed by atoms with Crippen LogP contribution in [0.5, 0.6) is 0 Å². The van der Waals surface area contributed by atoms with Gasteiger partial charge in [0.1, 0.15) is 0 Å². The van der Waals surface area contributed by atoms with Crippen molar-refractivity contribution in [2.75, 3.05) is 13.1 Å². The molecule has 1 fully saturated rings. The van der Waals surface area contributed by atoms with Crippen molar-refractivity contribution in [1.82, 2.24) is 15.6 Å². The van der Waals surface area contributed by atoms with Crippen molar-refractivity contribution in [2.45, 2.75) is 39.2 Å². The highest BCUT2D eigenvalue weighted by Crippen LogP contribution is 2.15. The van der Waals surface area contributed by atoms with Crippen LogP contribution in [0.15, 0.2) is 18.3 Å². The van der Waals surface area contributed by atoms with E-state index >= 15 is 0 Å². The molecule has 2 heterocycles. The molecule has 19 heavy (non-hydrogen) atoms. The molecule has 1 atom stereocenters. The second-order valence-corrected chi connectivity index (χ2v) is 5.34. The normalized spacial score (nSPS) is 19.1. The molecule has 0 saturated carbocycles. The van der Waals surface area contributed by atoms with Crippen LogP contribution in [-0.2, 0) is 11.3 Å². The first kappa shape index (κ1) is 14.0. The molecule has 0 radical (unpaired) electrons. The van der Waals surface area contributed by atoms with Crippen molar-refractivity contribution in [3.63, 3.8) is 0 Å². The van der Waals surface area contributed by atoms with Crippen LogP contribution in [0, 0.1) is 12.8 Å². The zero-order valence-electron chi connectivity index (χ0n) is 11.6. The number of nitrogens with one attached hydrogen (secondary N) is 2. The minimum atomic E-state index is 0.145. The Balaban J connectivity index is 1.65. The van der Waals surface area contributed by atoms with E-state index in [0.717, 1.165) is 30.8 Å². The van der Waals surface area contributed by atoms with Crippen molar-refractivity contribution in [2.24, 2.45) is 5.92 Å². The van der Waals surface area contributed by atoms with Gasteiger partial charge >= 0.3 is 0 Å². The van der Waals surface area contributed by atoms with Crippen LogP contribution in [0.4, 0.5) is 0 Å². The van der Waals surface area contributed by atoms with Gasteiger partial charge in [0.2, 0.25) is 5.91 Å². The van der Waals surface area contributed by atoms with Gasteiger partial charge < -0.3 is 10.6 Å². The number of rotatable bonds is 5. The fraction of sp³-hybridized carbons (Fsp3) is 0.600. The van der Waals surface area contributed by atoms with Gasteiger partial charge in [0.15, 0.2) is 0 Å². The Bertz CT molecular complexity index is 396. The quantitative estimate of drug-likeness (QED) is 0.849. The molecule has 1 aliphatic rings. The van der Waals surface area contributed by atoms with E-state index in [1.54, 1.807) is 0 Å². The van der Waals surface area contributed by atoms with E-state index in [0.29, 0.717) is 18.9 Å². The molecule has 1 unspecified atom stereocenters. The van der Waals surface area contributed by atoms with Gasteiger partial charge in [0.25, 0.3) is 0 Å². The first-order valence-corrected chi connectivity index (χ1v) is 7.13. The Kier molecular flexibility index (Phi) is 5.33. The lowest BCUT2D eigenvalue weighted by Crippen LogP contribution is -2.31. The summed E-state index contributed by atoms with van der Waals surface area (Å²) in [4.78, 5) is 16.0. The molecule has 104 valence electrons. The summed E-state index contributed by atoms with van der Waals surface area (Å²) < 4.78 is 0. The van der Waals surface area contributed by atoms with Crippen LogP contribution in [0.1, 0.15) is 36.9 Å². The lowest BCUT2D eigenvalue weighted by molar-refractivity contribution is -0.121. The first-order chi connectivity index (χ1) is 9.24. The van der Waals surface area contributed by atoms with Gasteiger partial charge in [0.05, 0.1) is 0 Å². The zero-order chi connectivity index (χ0) is 13.5. The fourth-order valence-electron chi connectivity index (χ4n) is 2.40. The van der Waals surface area contributed by atoms with Crippen LogP contribution in [0.25, 0.3) is 0 Å². The smallest absolute Gasteiger partial charge is 0.220 e. The number of nitrogens with zero attached hydrogens (tertiary/aromatic N) is 1. The zero-order valence-corrected chi connectivity index (χ0v) is 11.6. The molecule has 4 nitrogen and oxygen atoms in total. The third-order valence-corrected chi connectivity index (χ3v) is 3.64. The van der Waals surface area contributed by atoms with Gasteiger partial charge in [-0.3, -0.25) is 9.78 Å². The Labute approximate surface area is 115 Å². The monoisotopic (exact) mass is 261 g/mol. The summed E-state index contributed by atoms with van der Waals surface area (Å²) in [7, 11) is 0. The number of aromatic nitrogens is 1. The summed E-state index contributed by atoms with van der Waals surface area (Å²) in [6.07, 6.45) is 5.93. The second kappa shape index (κ2) is 7.24. The number of piperidine rings is 1. The summed E-state index contributed by atoms with van der Waals surface area (Å²) in [5.74, 6) is 0.812. The van der Waals surface area contributed by atoms with E-state index < -0.39 is 0 Å². The first-order valence-electron chi connectivity index (χ1n) is 7.13. The number of amides is 1. The van der Waals surface area contributed by atoms with E-state index in [4.69, 9.17) is 0 Å². The Hall–Kier alpha value is -1.42. The van der Waals surface area contributed by atoms with Crippen LogP contribution in [0.3, 0.4) is 0 Å². The van der Waals surface area contributed by atoms with Crippen molar-refractivity contribution in [3.8, 4) is 0 Å². The van der Waals surface area contributed by atoms with Crippen molar-refractivity contribution in [3.05, 3.63) is 29.6 Å². The van der Waals surface area contributed by atoms with Gasteiger partial charge in [-0.1, -0.05) is 6.07 Å². The molecule has 1 aromatic rings. The molecule has 1 saturated heterocycles. The van der Waals surface area contributed by atoms with Crippen molar-refractivity contribution < 1.29 is 4.79 Å². The van der Waals surface area contributed by atoms with E-state index in [1.165, 1.54) is 12.8 Å². The Morgan fingerprint density at radius 2 is 2.42 bits per heavy atom. The minimum absolute atomic E-state index is 0.145. The molecule has 1 aromatic heterocycles. The number of carbonyl (C=O) groups excluding carboxylic acids is 1. The Morgan fingerprint density at radius 1 is 1.53 bits per heavy atom. The van der Waals surface area contributed by atoms with Gasteiger partial charge in [-0.2, -0.15) is 0 Å². The predicted octanol–water partition coefficient (Wildman–Crippen LogP) is 1.79. The minimum Gasteiger partial charge on any atom is -0.352 e. The number of pyridine rings is 1. The van der Waals surface area contributed by atoms with E-state index in [9.17, 15) is 4.79 Å². The summed E-state index contributed by atoms with van der Waals surface area (Å²) in [6.45, 7) is 4.73. The highest BCUT2D eigenvalue weighted by molar-refractivity contribution is 5.75. The molecule has 2 N–H and O–H groups in total. The van der Waals surface area contributed by atoms with Crippen molar-refractivity contribution >= 4 is 5.91 Å². The summed E-state index contributed by atoms with van der Waals surface area (Å²) in [6, 6.07) is 3.98. The molecule has 2 rings (SSSR count). The fourth-order valence-corrected chi connectivity index (χ4v) is 2.40. The summed E-state index contributed by atoms with van der Waals surface area (Å²) in [5, 5.41) is 6.34. The molecular weight excluding hydrogens is 238 g/mol. The maximum atomic E-state index is 11.8. The molecule has 4 heteroatoms. The van der Waals surface area contributed by atoms with E-state index in [2.05, 4.69) is 15.6 Å². The number of aryl methyl sites for hydroxylation is 1. The molecular formula is C15H23N3O. The molecule has 1 aliphatic heterocycles. The highest BCUT2D eigenvalue weighted by Gasteiger charge is 2.14. The van der Waals surface area contributed by atoms with E-state index in [-0.39, 0.29) is 5.91 Å². The average molecular weight is 261 g/mol. The lowest BCUT2D eigenvalue weighted by atomic mass is 9.94. The SMILES string of the molecule is Cc1ccc(CNC(=O)CCC2CCCNC2)cn1. The standard InChI is InChI=1S/C15H23N3O/c1-12-4-5-14(10-17-12)11-18-15(19)7-6-13-3-2-8-16-9-13/h4-5,10,13,16H,2-3,6-9,11H2,1H3,(H,18,19). The number of hydrogen-bond acceptors (Lipinski definition) is 3. The van der Waals surface area contributed by atoms with Gasteiger partial charge in [0, 0.05) is 24.9 Å². The van der Waals surface area contributed by atoms with Crippen LogP contribution >= 0.6 is 0 Å². The van der Waals surface area contributed by atoms with Crippen molar-refractivity contribution in [1.29, 1.82) is 0 Å². The lowest BCUT2D eigenvalue weighted by Gasteiger charge is -2.22. The number of hydrogen-bond donors (Lipinski definition) is 2. The summed E-state index contributed by atoms with van der Waals surface area (Å²) >= 11 is 0. The molecule has 1 amide bonds. The van der Waals surface area contributed by atoms with Gasteiger partial charge in [-0.25, -0.2) is 0 Å². The van der Waals surface area contributed by atoms with Gasteiger partial charge in [-0.15, -0.1) is 0 Å². The molecule has 0 aromatic carbocycles. The maximum Gasteiger partial charge on any atom is 0.220 e. The molecule has 0 aliphatic carbocycles. The summed E-state index contributed by atoms with van der Waals surface area (Å²) in [5.41, 5.74) is 2.05. The Morgan fingerprint density at radius 3 is 3.11 bits per heavy atom. The highest BCUT2D eigenvalue weighted by atomic mass is 16.1. The molecule has 0 bridgehead atoms. The average Bonchev–Trinajstić information content (AvgIpc) is 2.45. The third-order valence-electron chi connectivity index (χ3n) is 3.64. The topological polar surface area (TPSA) is 54.0 Å². The van der Waals surface area contributed by atoms with E-state index in [1.807, 2.05) is 25.3 Å². The second-order valence-electron chi connectivity index (χ2n) is 5.34. The van der Waals surface area contributed by atoms with Crippen LogP contribution in [-0.4, -0.2) is 24.0 Å². The molecule has 0 spiro atoms. The maximum absolute atomic E-state index is 11.8. The van der Waals surface area contributed by atoms with Crippen LogP contribution in [0.2, 0.25) is 0 Å². The third kappa shape index (κ3) is 4.99. The van der Waals surface area contributed by atoms with Crippen LogP contribution < -0.4 is 10.6 Å². The largest absolute Gasteiger partial charge is 0.352 e. The predicted molar refractivity (Wildman–Crippen MR) is 75.6 cm³/mol. The number of carbonyl (C=O) groups is 1.